The van der Waals surface area contributed by atoms with E-state index in [9.17, 15) is 4.79 Å². The van der Waals surface area contributed by atoms with Crippen LogP contribution >= 0.6 is 0 Å². The molecule has 18 heavy (non-hydrogen) atoms. The summed E-state index contributed by atoms with van der Waals surface area (Å²) in [6.07, 6.45) is 2.58. The molecule has 100 valence electrons. The highest BCUT2D eigenvalue weighted by atomic mass is 16.5. The molecule has 0 heterocycles. The van der Waals surface area contributed by atoms with Crippen molar-refractivity contribution in [2.75, 3.05) is 6.61 Å². The first-order valence-electron chi connectivity index (χ1n) is 6.84. The van der Waals surface area contributed by atoms with Gasteiger partial charge in [-0.3, -0.25) is 4.79 Å². The van der Waals surface area contributed by atoms with Crippen molar-refractivity contribution < 1.29 is 9.53 Å². The lowest BCUT2D eigenvalue weighted by Crippen LogP contribution is -2.20. The molecule has 0 amide bonds. The SMILES string of the molecule is CC[C@H](CC(C)C)C(=O)OCCc1ccccc1. The van der Waals surface area contributed by atoms with E-state index in [4.69, 9.17) is 4.74 Å². The first kappa shape index (κ1) is 14.7. The third-order valence-corrected chi connectivity index (χ3v) is 3.06. The van der Waals surface area contributed by atoms with Gasteiger partial charge in [0.25, 0.3) is 0 Å². The Kier molecular flexibility index (Phi) is 6.48. The summed E-state index contributed by atoms with van der Waals surface area (Å²) in [6.45, 7) is 6.81. The van der Waals surface area contributed by atoms with E-state index in [-0.39, 0.29) is 11.9 Å². The average Bonchev–Trinajstić information content (AvgIpc) is 2.36. The van der Waals surface area contributed by atoms with Gasteiger partial charge < -0.3 is 4.74 Å². The number of rotatable bonds is 7. The lowest BCUT2D eigenvalue weighted by molar-refractivity contribution is -0.149. The Morgan fingerprint density at radius 2 is 1.89 bits per heavy atom. The lowest BCUT2D eigenvalue weighted by Gasteiger charge is -2.16. The number of hydrogen-bond donors (Lipinski definition) is 0. The maximum Gasteiger partial charge on any atom is 0.308 e. The van der Waals surface area contributed by atoms with Crippen LogP contribution in [0.25, 0.3) is 0 Å². The predicted molar refractivity (Wildman–Crippen MR) is 74.3 cm³/mol. The van der Waals surface area contributed by atoms with Gasteiger partial charge in [0.05, 0.1) is 12.5 Å². The second-order valence-electron chi connectivity index (χ2n) is 5.14. The zero-order valence-electron chi connectivity index (χ0n) is 11.7. The molecule has 0 saturated heterocycles. The summed E-state index contributed by atoms with van der Waals surface area (Å²) in [5.41, 5.74) is 1.21. The summed E-state index contributed by atoms with van der Waals surface area (Å²) in [4.78, 5) is 11.9. The predicted octanol–water partition coefficient (Wildman–Crippen LogP) is 3.84. The minimum absolute atomic E-state index is 0.0397. The standard InChI is InChI=1S/C16H24O2/c1-4-15(12-13(2)3)16(17)18-11-10-14-8-6-5-7-9-14/h5-9,13,15H,4,10-12H2,1-3H3/t15-/m1/s1. The highest BCUT2D eigenvalue weighted by Gasteiger charge is 2.18. The fourth-order valence-electron chi connectivity index (χ4n) is 2.03. The zero-order chi connectivity index (χ0) is 13.4. The van der Waals surface area contributed by atoms with Crippen LogP contribution in [0.15, 0.2) is 30.3 Å². The van der Waals surface area contributed by atoms with Crippen LogP contribution in [0.3, 0.4) is 0 Å². The molecule has 0 aliphatic rings. The lowest BCUT2D eigenvalue weighted by atomic mass is 9.95. The van der Waals surface area contributed by atoms with Crippen LogP contribution in [-0.2, 0) is 16.0 Å². The van der Waals surface area contributed by atoms with E-state index in [1.807, 2.05) is 25.1 Å². The number of carbonyl (C=O) groups is 1. The minimum atomic E-state index is -0.0397. The molecule has 1 rings (SSSR count). The first-order valence-corrected chi connectivity index (χ1v) is 6.84. The molecule has 0 spiro atoms. The highest BCUT2D eigenvalue weighted by Crippen LogP contribution is 2.16. The van der Waals surface area contributed by atoms with Crippen molar-refractivity contribution in [1.82, 2.24) is 0 Å². The molecule has 2 heteroatoms. The van der Waals surface area contributed by atoms with E-state index < -0.39 is 0 Å². The van der Waals surface area contributed by atoms with Gasteiger partial charge in [0, 0.05) is 6.42 Å². The summed E-state index contributed by atoms with van der Waals surface area (Å²) in [6, 6.07) is 10.1. The van der Waals surface area contributed by atoms with Crippen LogP contribution in [0, 0.1) is 11.8 Å². The van der Waals surface area contributed by atoms with Crippen molar-refractivity contribution in [1.29, 1.82) is 0 Å². The number of esters is 1. The van der Waals surface area contributed by atoms with Gasteiger partial charge in [-0.25, -0.2) is 0 Å². The summed E-state index contributed by atoms with van der Waals surface area (Å²) in [7, 11) is 0. The van der Waals surface area contributed by atoms with Gasteiger partial charge in [-0.2, -0.15) is 0 Å². The van der Waals surface area contributed by atoms with Crippen LogP contribution < -0.4 is 0 Å². The molecule has 0 aliphatic carbocycles. The van der Waals surface area contributed by atoms with Crippen molar-refractivity contribution in [3.8, 4) is 0 Å². The van der Waals surface area contributed by atoms with Crippen LogP contribution in [0.1, 0.15) is 39.2 Å². The van der Waals surface area contributed by atoms with Crippen molar-refractivity contribution in [2.45, 2.75) is 40.0 Å². The molecule has 1 aromatic rings. The molecule has 0 aliphatic heterocycles. The maximum atomic E-state index is 11.9. The summed E-state index contributed by atoms with van der Waals surface area (Å²) in [5, 5.41) is 0. The number of carbonyl (C=O) groups excluding carboxylic acids is 1. The normalized spacial score (nSPS) is 12.4. The number of hydrogen-bond acceptors (Lipinski definition) is 2. The third-order valence-electron chi connectivity index (χ3n) is 3.06. The molecule has 1 atom stereocenters. The van der Waals surface area contributed by atoms with Crippen LogP contribution in [0.5, 0.6) is 0 Å². The van der Waals surface area contributed by atoms with Crippen molar-refractivity contribution in [2.24, 2.45) is 11.8 Å². The summed E-state index contributed by atoms with van der Waals surface area (Å²) >= 11 is 0. The van der Waals surface area contributed by atoms with E-state index in [0.717, 1.165) is 19.3 Å². The second-order valence-corrected chi connectivity index (χ2v) is 5.14. The zero-order valence-corrected chi connectivity index (χ0v) is 11.7. The largest absolute Gasteiger partial charge is 0.465 e. The van der Waals surface area contributed by atoms with E-state index in [1.54, 1.807) is 0 Å². The fourth-order valence-corrected chi connectivity index (χ4v) is 2.03. The molecular formula is C16H24O2. The Balaban J connectivity index is 2.31. The molecule has 0 saturated carbocycles. The highest BCUT2D eigenvalue weighted by molar-refractivity contribution is 5.72. The molecule has 0 bridgehead atoms. The van der Waals surface area contributed by atoms with Gasteiger partial charge in [0.2, 0.25) is 0 Å². The van der Waals surface area contributed by atoms with Crippen LogP contribution in [0.2, 0.25) is 0 Å². The topological polar surface area (TPSA) is 26.3 Å². The van der Waals surface area contributed by atoms with Gasteiger partial charge in [0.1, 0.15) is 0 Å². The van der Waals surface area contributed by atoms with E-state index in [0.29, 0.717) is 12.5 Å². The Bertz CT molecular complexity index is 343. The molecular weight excluding hydrogens is 224 g/mol. The quantitative estimate of drug-likeness (QED) is 0.685. The van der Waals surface area contributed by atoms with Crippen LogP contribution in [-0.4, -0.2) is 12.6 Å². The molecule has 0 radical (unpaired) electrons. The third kappa shape index (κ3) is 5.35. The van der Waals surface area contributed by atoms with Crippen molar-refractivity contribution >= 4 is 5.97 Å². The van der Waals surface area contributed by atoms with Gasteiger partial charge >= 0.3 is 5.97 Å². The Morgan fingerprint density at radius 1 is 1.22 bits per heavy atom. The van der Waals surface area contributed by atoms with E-state index >= 15 is 0 Å². The van der Waals surface area contributed by atoms with Gasteiger partial charge in [-0.05, 0) is 24.3 Å². The minimum Gasteiger partial charge on any atom is -0.465 e. The summed E-state index contributed by atoms with van der Waals surface area (Å²) < 4.78 is 5.36. The van der Waals surface area contributed by atoms with Gasteiger partial charge in [-0.1, -0.05) is 51.1 Å². The Labute approximate surface area is 110 Å². The van der Waals surface area contributed by atoms with E-state index in [1.165, 1.54) is 5.56 Å². The first-order chi connectivity index (χ1) is 8.63. The van der Waals surface area contributed by atoms with Crippen LogP contribution in [0.4, 0.5) is 0 Å². The smallest absolute Gasteiger partial charge is 0.308 e. The molecule has 0 fully saturated rings. The maximum absolute atomic E-state index is 11.9. The Morgan fingerprint density at radius 3 is 2.44 bits per heavy atom. The fraction of sp³-hybridized carbons (Fsp3) is 0.562. The molecule has 0 unspecified atom stereocenters. The van der Waals surface area contributed by atoms with Gasteiger partial charge in [-0.15, -0.1) is 0 Å². The average molecular weight is 248 g/mol. The monoisotopic (exact) mass is 248 g/mol. The summed E-state index contributed by atoms with van der Waals surface area (Å²) in [5.74, 6) is 0.555. The number of benzene rings is 1. The number of ether oxygens (including phenoxy) is 1. The second kappa shape index (κ2) is 7.91. The molecule has 2 nitrogen and oxygen atoms in total. The molecule has 0 aromatic heterocycles. The molecule has 0 N–H and O–H groups in total. The van der Waals surface area contributed by atoms with Crippen molar-refractivity contribution in [3.05, 3.63) is 35.9 Å². The van der Waals surface area contributed by atoms with Crippen molar-refractivity contribution in [3.63, 3.8) is 0 Å². The van der Waals surface area contributed by atoms with E-state index in [2.05, 4.69) is 26.0 Å². The Hall–Kier alpha value is -1.31. The van der Waals surface area contributed by atoms with Gasteiger partial charge in [0.15, 0.2) is 0 Å². The molecule has 1 aromatic carbocycles.